The van der Waals surface area contributed by atoms with Crippen LogP contribution in [0.25, 0.3) is 0 Å². The Labute approximate surface area is 127 Å². The number of carbonyl (C=O) groups excluding carboxylic acids is 1. The fourth-order valence-electron chi connectivity index (χ4n) is 2.88. The summed E-state index contributed by atoms with van der Waals surface area (Å²) in [6.45, 7) is 4.10. The van der Waals surface area contributed by atoms with E-state index in [1.54, 1.807) is 0 Å². The summed E-state index contributed by atoms with van der Waals surface area (Å²) >= 11 is 3.49. The van der Waals surface area contributed by atoms with Crippen molar-refractivity contribution in [2.45, 2.75) is 6.42 Å². The summed E-state index contributed by atoms with van der Waals surface area (Å²) in [5, 5.41) is 0.884. The van der Waals surface area contributed by atoms with Crippen LogP contribution in [0.2, 0.25) is 0 Å². The van der Waals surface area contributed by atoms with Gasteiger partial charge in [0.25, 0.3) is 0 Å². The zero-order valence-electron chi connectivity index (χ0n) is 11.4. The van der Waals surface area contributed by atoms with E-state index >= 15 is 0 Å². The fourth-order valence-corrected chi connectivity index (χ4v) is 3.32. The lowest BCUT2D eigenvalue weighted by atomic mass is 10.1. The molecule has 0 saturated carbocycles. The molecule has 0 aliphatic carbocycles. The Hall–Kier alpha value is -1.07. The highest BCUT2D eigenvalue weighted by Crippen LogP contribution is 2.34. The standard InChI is InChI=1S/C15H19BrN2O2/c16-10-12-9-15(19)18(11-12)14-4-2-1-3-13(14)17-5-7-20-8-6-17/h1-4,12H,5-11H2. The van der Waals surface area contributed by atoms with Gasteiger partial charge in [-0.05, 0) is 18.1 Å². The van der Waals surface area contributed by atoms with Crippen molar-refractivity contribution in [2.75, 3.05) is 48.0 Å². The Morgan fingerprint density at radius 1 is 1.20 bits per heavy atom. The maximum atomic E-state index is 12.2. The first-order valence-electron chi connectivity index (χ1n) is 7.07. The molecule has 2 saturated heterocycles. The summed E-state index contributed by atoms with van der Waals surface area (Å²) in [4.78, 5) is 16.5. The third-order valence-corrected chi connectivity index (χ3v) is 4.86. The van der Waals surface area contributed by atoms with E-state index in [2.05, 4.69) is 33.0 Å². The van der Waals surface area contributed by atoms with Gasteiger partial charge in [-0.25, -0.2) is 0 Å². The lowest BCUT2D eigenvalue weighted by Crippen LogP contribution is -2.37. The van der Waals surface area contributed by atoms with E-state index in [-0.39, 0.29) is 5.91 Å². The van der Waals surface area contributed by atoms with Crippen molar-refractivity contribution in [3.05, 3.63) is 24.3 Å². The molecule has 1 aromatic carbocycles. The second-order valence-electron chi connectivity index (χ2n) is 5.32. The minimum atomic E-state index is 0.232. The molecule has 108 valence electrons. The second-order valence-corrected chi connectivity index (χ2v) is 5.96. The molecule has 4 nitrogen and oxygen atoms in total. The number of nitrogens with zero attached hydrogens (tertiary/aromatic N) is 2. The number of benzene rings is 1. The number of para-hydroxylation sites is 2. The van der Waals surface area contributed by atoms with Gasteiger partial charge in [-0.2, -0.15) is 0 Å². The Balaban J connectivity index is 1.87. The Kier molecular flexibility index (Phi) is 4.27. The second kappa shape index (κ2) is 6.14. The van der Waals surface area contributed by atoms with Crippen LogP contribution in [0.1, 0.15) is 6.42 Å². The molecule has 0 N–H and O–H groups in total. The Morgan fingerprint density at radius 2 is 1.90 bits per heavy atom. The smallest absolute Gasteiger partial charge is 0.227 e. The van der Waals surface area contributed by atoms with Crippen LogP contribution in [-0.2, 0) is 9.53 Å². The van der Waals surface area contributed by atoms with Crippen LogP contribution in [0.3, 0.4) is 0 Å². The van der Waals surface area contributed by atoms with Crippen LogP contribution in [-0.4, -0.2) is 44.1 Å². The van der Waals surface area contributed by atoms with E-state index in [9.17, 15) is 4.79 Å². The van der Waals surface area contributed by atoms with E-state index in [1.807, 2.05) is 17.0 Å². The van der Waals surface area contributed by atoms with Crippen molar-refractivity contribution in [2.24, 2.45) is 5.92 Å². The predicted molar refractivity (Wildman–Crippen MR) is 83.7 cm³/mol. The van der Waals surface area contributed by atoms with Gasteiger partial charge in [-0.3, -0.25) is 4.79 Å². The molecular weight excluding hydrogens is 320 g/mol. The van der Waals surface area contributed by atoms with Crippen molar-refractivity contribution in [1.82, 2.24) is 0 Å². The van der Waals surface area contributed by atoms with Crippen LogP contribution < -0.4 is 9.80 Å². The molecule has 1 unspecified atom stereocenters. The SMILES string of the molecule is O=C1CC(CBr)CN1c1ccccc1N1CCOCC1. The summed E-state index contributed by atoms with van der Waals surface area (Å²) < 4.78 is 5.41. The minimum Gasteiger partial charge on any atom is -0.378 e. The minimum absolute atomic E-state index is 0.232. The number of ether oxygens (including phenoxy) is 1. The van der Waals surface area contributed by atoms with E-state index < -0.39 is 0 Å². The lowest BCUT2D eigenvalue weighted by Gasteiger charge is -2.32. The molecule has 0 bridgehead atoms. The molecule has 0 spiro atoms. The Morgan fingerprint density at radius 3 is 2.55 bits per heavy atom. The largest absolute Gasteiger partial charge is 0.378 e. The highest BCUT2D eigenvalue weighted by molar-refractivity contribution is 9.09. The van der Waals surface area contributed by atoms with Gasteiger partial charge in [-0.1, -0.05) is 28.1 Å². The molecule has 2 aliphatic heterocycles. The number of hydrogen-bond acceptors (Lipinski definition) is 3. The van der Waals surface area contributed by atoms with Gasteiger partial charge in [-0.15, -0.1) is 0 Å². The first kappa shape index (κ1) is 13.9. The molecule has 1 amide bonds. The van der Waals surface area contributed by atoms with Gasteiger partial charge in [0, 0.05) is 31.4 Å². The van der Waals surface area contributed by atoms with Crippen molar-refractivity contribution >= 4 is 33.2 Å². The third-order valence-electron chi connectivity index (χ3n) is 3.95. The molecule has 2 fully saturated rings. The molecule has 20 heavy (non-hydrogen) atoms. The topological polar surface area (TPSA) is 32.8 Å². The number of carbonyl (C=O) groups is 1. The molecular formula is C15H19BrN2O2. The highest BCUT2D eigenvalue weighted by Gasteiger charge is 2.31. The van der Waals surface area contributed by atoms with Gasteiger partial charge in [0.1, 0.15) is 0 Å². The number of anilines is 2. The molecule has 2 aliphatic rings. The zero-order valence-corrected chi connectivity index (χ0v) is 13.0. The van der Waals surface area contributed by atoms with Gasteiger partial charge < -0.3 is 14.5 Å². The zero-order chi connectivity index (χ0) is 13.9. The maximum absolute atomic E-state index is 12.2. The quantitative estimate of drug-likeness (QED) is 0.792. The van der Waals surface area contributed by atoms with Crippen molar-refractivity contribution in [3.8, 4) is 0 Å². The van der Waals surface area contributed by atoms with Crippen LogP contribution in [0, 0.1) is 5.92 Å². The average molecular weight is 339 g/mol. The first-order chi connectivity index (χ1) is 9.79. The third kappa shape index (κ3) is 2.69. The monoisotopic (exact) mass is 338 g/mol. The number of amides is 1. The predicted octanol–water partition coefficient (Wildman–Crippen LogP) is 2.27. The van der Waals surface area contributed by atoms with Crippen LogP contribution in [0.5, 0.6) is 0 Å². The van der Waals surface area contributed by atoms with Crippen LogP contribution >= 0.6 is 15.9 Å². The summed E-state index contributed by atoms with van der Waals surface area (Å²) in [6.07, 6.45) is 0.642. The normalized spacial score (nSPS) is 23.4. The van der Waals surface area contributed by atoms with Crippen LogP contribution in [0.15, 0.2) is 24.3 Å². The molecule has 0 aromatic heterocycles. The molecule has 3 rings (SSSR count). The van der Waals surface area contributed by atoms with Crippen molar-refractivity contribution < 1.29 is 9.53 Å². The number of hydrogen-bond donors (Lipinski definition) is 0. The fraction of sp³-hybridized carbons (Fsp3) is 0.533. The molecule has 1 atom stereocenters. The Bertz CT molecular complexity index is 489. The summed E-state index contributed by atoms with van der Waals surface area (Å²) in [5.41, 5.74) is 2.20. The highest BCUT2D eigenvalue weighted by atomic mass is 79.9. The summed E-state index contributed by atoms with van der Waals surface area (Å²) in [6, 6.07) is 8.21. The summed E-state index contributed by atoms with van der Waals surface area (Å²) in [5.74, 6) is 0.649. The summed E-state index contributed by atoms with van der Waals surface area (Å²) in [7, 11) is 0. The molecule has 0 radical (unpaired) electrons. The van der Waals surface area contributed by atoms with Gasteiger partial charge in [0.2, 0.25) is 5.91 Å². The van der Waals surface area contributed by atoms with Gasteiger partial charge in [0.15, 0.2) is 0 Å². The van der Waals surface area contributed by atoms with E-state index in [0.29, 0.717) is 12.3 Å². The van der Waals surface area contributed by atoms with E-state index in [0.717, 1.165) is 49.6 Å². The van der Waals surface area contributed by atoms with Gasteiger partial charge >= 0.3 is 0 Å². The number of halogens is 1. The molecule has 2 heterocycles. The van der Waals surface area contributed by atoms with E-state index in [1.165, 1.54) is 0 Å². The van der Waals surface area contributed by atoms with Crippen molar-refractivity contribution in [1.29, 1.82) is 0 Å². The first-order valence-corrected chi connectivity index (χ1v) is 8.20. The van der Waals surface area contributed by atoms with Crippen molar-refractivity contribution in [3.63, 3.8) is 0 Å². The maximum Gasteiger partial charge on any atom is 0.227 e. The molecule has 1 aromatic rings. The van der Waals surface area contributed by atoms with Crippen LogP contribution in [0.4, 0.5) is 11.4 Å². The van der Waals surface area contributed by atoms with Gasteiger partial charge in [0.05, 0.1) is 24.6 Å². The number of rotatable bonds is 3. The molecule has 5 heteroatoms. The van der Waals surface area contributed by atoms with E-state index in [4.69, 9.17) is 4.74 Å². The average Bonchev–Trinajstić information content (AvgIpc) is 2.89. The lowest BCUT2D eigenvalue weighted by molar-refractivity contribution is -0.117. The number of alkyl halides is 1. The number of morpholine rings is 1.